The molecule has 1 N–H and O–H groups in total. The van der Waals surface area contributed by atoms with Crippen molar-refractivity contribution in [3.05, 3.63) is 22.2 Å². The minimum Gasteiger partial charge on any atom is -0.380 e. The first-order valence-corrected chi connectivity index (χ1v) is 7.35. The Morgan fingerprint density at radius 2 is 2.00 bits per heavy atom. The zero-order chi connectivity index (χ0) is 14.8. The molecule has 0 unspecified atom stereocenters. The monoisotopic (exact) mass is 290 g/mol. The molecule has 3 rings (SSSR count). The van der Waals surface area contributed by atoms with Crippen LogP contribution in [0, 0.1) is 16.0 Å². The van der Waals surface area contributed by atoms with Gasteiger partial charge in [0.05, 0.1) is 10.6 Å². The highest BCUT2D eigenvalue weighted by atomic mass is 16.6. The van der Waals surface area contributed by atoms with Gasteiger partial charge in [-0.05, 0) is 48.0 Å². The number of rotatable bonds is 4. The maximum absolute atomic E-state index is 11.0. The van der Waals surface area contributed by atoms with Gasteiger partial charge in [0.15, 0.2) is 5.52 Å². The van der Waals surface area contributed by atoms with Gasteiger partial charge in [0.25, 0.3) is 0 Å². The molecular weight excluding hydrogens is 272 g/mol. The number of nitrogens with zero attached hydrogens (tertiary/aromatic N) is 3. The summed E-state index contributed by atoms with van der Waals surface area (Å²) in [5.41, 5.74) is 1.32. The van der Waals surface area contributed by atoms with Crippen molar-refractivity contribution in [2.75, 3.05) is 5.32 Å². The first-order chi connectivity index (χ1) is 10.2. The van der Waals surface area contributed by atoms with E-state index < -0.39 is 4.92 Å². The number of nitro benzene ring substituents is 1. The van der Waals surface area contributed by atoms with Crippen LogP contribution in [0.25, 0.3) is 11.0 Å². The standard InChI is InChI=1S/C14H18N4O3/c1-2-9-3-5-10(6-4-9)15-11-7-8-12(18(19)20)14-13(11)16-21-17-14/h7-10,15H,2-6H2,1H3. The van der Waals surface area contributed by atoms with Crippen LogP contribution in [0.1, 0.15) is 39.0 Å². The van der Waals surface area contributed by atoms with Crippen LogP contribution in [0.15, 0.2) is 16.8 Å². The number of benzene rings is 1. The molecule has 0 bridgehead atoms. The fourth-order valence-electron chi connectivity index (χ4n) is 3.05. The van der Waals surface area contributed by atoms with Gasteiger partial charge in [0.2, 0.25) is 5.52 Å². The van der Waals surface area contributed by atoms with Gasteiger partial charge in [-0.2, -0.15) is 0 Å². The second kappa shape index (κ2) is 5.67. The van der Waals surface area contributed by atoms with E-state index in [9.17, 15) is 10.1 Å². The molecule has 1 aromatic carbocycles. The Kier molecular flexibility index (Phi) is 3.72. The number of aromatic nitrogens is 2. The van der Waals surface area contributed by atoms with Crippen LogP contribution >= 0.6 is 0 Å². The van der Waals surface area contributed by atoms with Crippen molar-refractivity contribution in [3.63, 3.8) is 0 Å². The van der Waals surface area contributed by atoms with E-state index in [0.29, 0.717) is 11.6 Å². The Hall–Kier alpha value is -2.18. The molecule has 1 aliphatic rings. The fraction of sp³-hybridized carbons (Fsp3) is 0.571. The summed E-state index contributed by atoms with van der Waals surface area (Å²) in [7, 11) is 0. The average molecular weight is 290 g/mol. The Labute approximate surface area is 121 Å². The SMILES string of the molecule is CCC1CCC(Nc2ccc([N+](=O)[O-])c3nonc23)CC1. The summed E-state index contributed by atoms with van der Waals surface area (Å²) < 4.78 is 4.68. The molecule has 0 saturated heterocycles. The lowest BCUT2D eigenvalue weighted by atomic mass is 9.84. The number of hydrogen-bond acceptors (Lipinski definition) is 6. The molecule has 112 valence electrons. The normalized spacial score (nSPS) is 22.3. The van der Waals surface area contributed by atoms with E-state index in [2.05, 4.69) is 27.2 Å². The van der Waals surface area contributed by atoms with Crippen LogP contribution in [-0.4, -0.2) is 21.3 Å². The summed E-state index contributed by atoms with van der Waals surface area (Å²) in [6, 6.07) is 3.53. The Morgan fingerprint density at radius 3 is 2.67 bits per heavy atom. The van der Waals surface area contributed by atoms with E-state index in [4.69, 9.17) is 0 Å². The minimum absolute atomic E-state index is 0.0773. The van der Waals surface area contributed by atoms with Crippen LogP contribution in [0.2, 0.25) is 0 Å². The molecule has 0 radical (unpaired) electrons. The first kappa shape index (κ1) is 13.8. The zero-order valence-electron chi connectivity index (χ0n) is 11.9. The molecule has 1 heterocycles. The number of nitro groups is 1. The van der Waals surface area contributed by atoms with Gasteiger partial charge >= 0.3 is 5.69 Å². The molecule has 1 aliphatic carbocycles. The third-order valence-corrected chi connectivity index (χ3v) is 4.37. The third-order valence-electron chi connectivity index (χ3n) is 4.37. The van der Waals surface area contributed by atoms with Crippen LogP contribution < -0.4 is 5.32 Å². The highest BCUT2D eigenvalue weighted by molar-refractivity contribution is 5.93. The maximum Gasteiger partial charge on any atom is 0.300 e. The minimum atomic E-state index is -0.469. The van der Waals surface area contributed by atoms with Gasteiger partial charge in [-0.15, -0.1) is 0 Å². The Bertz CT molecular complexity index is 647. The molecule has 1 saturated carbocycles. The van der Waals surface area contributed by atoms with E-state index in [1.807, 2.05) is 0 Å². The van der Waals surface area contributed by atoms with Crippen molar-refractivity contribution in [2.24, 2.45) is 5.92 Å². The number of nitrogens with one attached hydrogen (secondary N) is 1. The Morgan fingerprint density at radius 1 is 1.29 bits per heavy atom. The second-order valence-corrected chi connectivity index (χ2v) is 5.62. The highest BCUT2D eigenvalue weighted by Crippen LogP contribution is 2.32. The summed E-state index contributed by atoms with van der Waals surface area (Å²) in [6.07, 6.45) is 5.91. The lowest BCUT2D eigenvalue weighted by Crippen LogP contribution is -2.26. The summed E-state index contributed by atoms with van der Waals surface area (Å²) in [4.78, 5) is 10.5. The highest BCUT2D eigenvalue weighted by Gasteiger charge is 2.23. The third kappa shape index (κ3) is 2.68. The van der Waals surface area contributed by atoms with Crippen molar-refractivity contribution in [2.45, 2.75) is 45.1 Å². The van der Waals surface area contributed by atoms with Crippen molar-refractivity contribution in [1.29, 1.82) is 0 Å². The van der Waals surface area contributed by atoms with Crippen molar-refractivity contribution < 1.29 is 9.55 Å². The maximum atomic E-state index is 11.0. The van der Waals surface area contributed by atoms with Crippen LogP contribution in [0.5, 0.6) is 0 Å². The van der Waals surface area contributed by atoms with Gasteiger partial charge in [-0.25, -0.2) is 4.63 Å². The van der Waals surface area contributed by atoms with E-state index in [1.54, 1.807) is 6.07 Å². The van der Waals surface area contributed by atoms with Crippen molar-refractivity contribution in [3.8, 4) is 0 Å². The number of hydrogen-bond donors (Lipinski definition) is 1. The van der Waals surface area contributed by atoms with Crippen molar-refractivity contribution >= 4 is 22.4 Å². The molecular formula is C14H18N4O3. The summed E-state index contributed by atoms with van der Waals surface area (Å²) in [6.45, 7) is 2.24. The second-order valence-electron chi connectivity index (χ2n) is 5.62. The smallest absolute Gasteiger partial charge is 0.300 e. The Balaban J connectivity index is 1.81. The lowest BCUT2D eigenvalue weighted by molar-refractivity contribution is -0.383. The first-order valence-electron chi connectivity index (χ1n) is 7.35. The van der Waals surface area contributed by atoms with Gasteiger partial charge in [0.1, 0.15) is 0 Å². The van der Waals surface area contributed by atoms with E-state index >= 15 is 0 Å². The van der Waals surface area contributed by atoms with Gasteiger partial charge < -0.3 is 5.32 Å². The van der Waals surface area contributed by atoms with Crippen molar-refractivity contribution in [1.82, 2.24) is 10.3 Å². The number of non-ortho nitro benzene ring substituents is 1. The predicted octanol–water partition coefficient (Wildman–Crippen LogP) is 3.51. The van der Waals surface area contributed by atoms with Gasteiger partial charge in [-0.3, -0.25) is 10.1 Å². The van der Waals surface area contributed by atoms with E-state index in [1.165, 1.54) is 25.3 Å². The topological polar surface area (TPSA) is 94.1 Å². The van der Waals surface area contributed by atoms with Crippen LogP contribution in [-0.2, 0) is 0 Å². The quantitative estimate of drug-likeness (QED) is 0.684. The average Bonchev–Trinajstić information content (AvgIpc) is 2.98. The lowest BCUT2D eigenvalue weighted by Gasteiger charge is -2.29. The molecule has 0 spiro atoms. The van der Waals surface area contributed by atoms with Crippen LogP contribution in [0.3, 0.4) is 0 Å². The molecule has 2 aromatic rings. The molecule has 0 amide bonds. The molecule has 7 nitrogen and oxygen atoms in total. The molecule has 21 heavy (non-hydrogen) atoms. The fourth-order valence-corrected chi connectivity index (χ4v) is 3.05. The van der Waals surface area contributed by atoms with Crippen LogP contribution in [0.4, 0.5) is 11.4 Å². The summed E-state index contributed by atoms with van der Waals surface area (Å²) >= 11 is 0. The number of fused-ring (bicyclic) bond motifs is 1. The molecule has 0 atom stereocenters. The predicted molar refractivity (Wildman–Crippen MR) is 78.1 cm³/mol. The largest absolute Gasteiger partial charge is 0.380 e. The molecule has 7 heteroatoms. The van der Waals surface area contributed by atoms with E-state index in [0.717, 1.165) is 24.4 Å². The number of anilines is 1. The zero-order valence-corrected chi connectivity index (χ0v) is 11.9. The summed E-state index contributed by atoms with van der Waals surface area (Å²) in [5, 5.41) is 21.9. The molecule has 1 fully saturated rings. The molecule has 0 aliphatic heterocycles. The van der Waals surface area contributed by atoms with E-state index in [-0.39, 0.29) is 11.2 Å². The molecule has 1 aromatic heterocycles. The summed E-state index contributed by atoms with van der Waals surface area (Å²) in [5.74, 6) is 0.827. The van der Waals surface area contributed by atoms with Gasteiger partial charge in [-0.1, -0.05) is 13.3 Å². The van der Waals surface area contributed by atoms with Gasteiger partial charge in [0, 0.05) is 12.1 Å².